The van der Waals surface area contributed by atoms with E-state index in [1.807, 2.05) is 43.3 Å². The number of esters is 1. The van der Waals surface area contributed by atoms with Crippen molar-refractivity contribution in [1.82, 2.24) is 14.8 Å². The average molecular weight is 585 g/mol. The number of aromatic nitrogens is 3. The molecule has 9 nitrogen and oxygen atoms in total. The molecule has 1 aromatic heterocycles. The van der Waals surface area contributed by atoms with Gasteiger partial charge in [-0.2, -0.15) is 4.98 Å². The van der Waals surface area contributed by atoms with Gasteiger partial charge in [-0.3, -0.25) is 0 Å². The smallest absolute Gasteiger partial charge is 0.338 e. The maximum absolute atomic E-state index is 13.8. The Morgan fingerprint density at radius 2 is 1.77 bits per heavy atom. The number of nitrogens with one attached hydrogen (secondary N) is 1. The number of methoxy groups -OCH3 is 3. The van der Waals surface area contributed by atoms with Crippen LogP contribution in [0.5, 0.6) is 17.2 Å². The summed E-state index contributed by atoms with van der Waals surface area (Å²) in [6, 6.07) is 10.7. The zero-order valence-electron chi connectivity index (χ0n) is 23.0. The van der Waals surface area contributed by atoms with Crippen molar-refractivity contribution < 1.29 is 23.7 Å². The normalized spacial score (nSPS) is 17.2. The Morgan fingerprint density at radius 3 is 2.42 bits per heavy atom. The molecule has 1 aliphatic carbocycles. The Bertz CT molecular complexity index is 1390. The summed E-state index contributed by atoms with van der Waals surface area (Å²) in [5, 5.41) is 9.35. The Balaban J connectivity index is 1.55. The molecule has 1 atom stereocenters. The molecule has 0 radical (unpaired) electrons. The van der Waals surface area contributed by atoms with Gasteiger partial charge in [-0.1, -0.05) is 48.0 Å². The van der Waals surface area contributed by atoms with Gasteiger partial charge in [0.15, 0.2) is 11.5 Å². The first kappa shape index (κ1) is 28.2. The predicted octanol–water partition coefficient (Wildman–Crippen LogP) is 6.41. The van der Waals surface area contributed by atoms with Gasteiger partial charge < -0.3 is 24.3 Å². The highest BCUT2D eigenvalue weighted by Crippen LogP contribution is 2.44. The van der Waals surface area contributed by atoms with Gasteiger partial charge in [-0.15, -0.1) is 5.10 Å². The van der Waals surface area contributed by atoms with E-state index in [9.17, 15) is 4.79 Å². The third kappa shape index (κ3) is 5.74. The number of carbonyl (C=O) groups excluding carboxylic acids is 1. The first-order valence-corrected chi connectivity index (χ1v) is 14.6. The van der Waals surface area contributed by atoms with Crippen LogP contribution in [0.1, 0.15) is 56.2 Å². The molecule has 1 saturated carbocycles. The molecular formula is C29H33ClN4O5S. The van der Waals surface area contributed by atoms with E-state index < -0.39 is 6.04 Å². The Kier molecular flexibility index (Phi) is 8.75. The lowest BCUT2D eigenvalue weighted by Gasteiger charge is -2.30. The number of nitrogens with zero attached hydrogens (tertiary/aromatic N) is 3. The molecule has 2 aromatic carbocycles. The number of carbonyl (C=O) groups is 1. The van der Waals surface area contributed by atoms with E-state index in [0.29, 0.717) is 50.4 Å². The van der Waals surface area contributed by atoms with Crippen molar-refractivity contribution >= 4 is 35.3 Å². The number of anilines is 1. The van der Waals surface area contributed by atoms with Crippen LogP contribution in [0.15, 0.2) is 52.8 Å². The van der Waals surface area contributed by atoms with Gasteiger partial charge in [0.05, 0.1) is 26.9 Å². The first-order chi connectivity index (χ1) is 19.4. The maximum atomic E-state index is 13.8. The van der Waals surface area contributed by atoms with Gasteiger partial charge in [-0.25, -0.2) is 9.48 Å². The quantitative estimate of drug-likeness (QED) is 0.226. The molecule has 1 aliphatic heterocycles. The highest BCUT2D eigenvalue weighted by atomic mass is 35.5. The van der Waals surface area contributed by atoms with Crippen molar-refractivity contribution in [3.63, 3.8) is 0 Å². The fourth-order valence-corrected chi connectivity index (χ4v) is 6.29. The van der Waals surface area contributed by atoms with Gasteiger partial charge in [0, 0.05) is 16.5 Å². The van der Waals surface area contributed by atoms with Crippen molar-refractivity contribution in [1.29, 1.82) is 0 Å². The summed E-state index contributed by atoms with van der Waals surface area (Å²) in [7, 11) is 4.68. The van der Waals surface area contributed by atoms with Crippen LogP contribution in [0.4, 0.5) is 5.95 Å². The SMILES string of the molecule is COc1cc(C2C(C(=O)OC3CCCCC3)=C(C)Nc3nc(SCc4ccccc4Cl)nn32)cc(OC)c1OC. The number of hydrogen-bond donors (Lipinski definition) is 1. The molecule has 0 amide bonds. The molecule has 40 heavy (non-hydrogen) atoms. The number of hydrogen-bond acceptors (Lipinski definition) is 9. The summed E-state index contributed by atoms with van der Waals surface area (Å²) >= 11 is 7.83. The van der Waals surface area contributed by atoms with Gasteiger partial charge in [0.25, 0.3) is 0 Å². The summed E-state index contributed by atoms with van der Waals surface area (Å²) in [6.45, 7) is 1.86. The lowest BCUT2D eigenvalue weighted by molar-refractivity contribution is -0.146. The van der Waals surface area contributed by atoms with Crippen LogP contribution in [0.3, 0.4) is 0 Å². The van der Waals surface area contributed by atoms with Crippen LogP contribution in [-0.4, -0.2) is 48.2 Å². The average Bonchev–Trinajstić information content (AvgIpc) is 3.37. The number of halogens is 1. The minimum atomic E-state index is -0.636. The van der Waals surface area contributed by atoms with E-state index in [4.69, 9.17) is 40.6 Å². The van der Waals surface area contributed by atoms with Crippen molar-refractivity contribution in [3.8, 4) is 17.2 Å². The van der Waals surface area contributed by atoms with Crippen molar-refractivity contribution in [2.24, 2.45) is 0 Å². The molecule has 2 heterocycles. The fraction of sp³-hybridized carbons (Fsp3) is 0.414. The second-order valence-electron chi connectivity index (χ2n) is 9.73. The van der Waals surface area contributed by atoms with Crippen molar-refractivity contribution in [2.75, 3.05) is 26.6 Å². The molecule has 11 heteroatoms. The maximum Gasteiger partial charge on any atom is 0.338 e. The van der Waals surface area contributed by atoms with E-state index in [2.05, 4.69) is 5.32 Å². The monoisotopic (exact) mass is 584 g/mol. The van der Waals surface area contributed by atoms with Gasteiger partial charge in [-0.05, 0) is 61.9 Å². The van der Waals surface area contributed by atoms with Crippen LogP contribution in [0, 0.1) is 0 Å². The number of ether oxygens (including phenoxy) is 4. The molecule has 2 aliphatic rings. The van der Waals surface area contributed by atoms with E-state index in [0.717, 1.165) is 36.8 Å². The molecule has 0 bridgehead atoms. The highest BCUT2D eigenvalue weighted by molar-refractivity contribution is 7.98. The van der Waals surface area contributed by atoms with E-state index in [1.165, 1.54) is 18.2 Å². The van der Waals surface area contributed by atoms with Gasteiger partial charge in [0.2, 0.25) is 16.9 Å². The molecule has 5 rings (SSSR count). The van der Waals surface area contributed by atoms with Gasteiger partial charge in [0.1, 0.15) is 12.1 Å². The second kappa shape index (κ2) is 12.4. The molecule has 0 spiro atoms. The molecule has 0 saturated heterocycles. The largest absolute Gasteiger partial charge is 0.493 e. The van der Waals surface area contributed by atoms with Crippen LogP contribution < -0.4 is 19.5 Å². The lowest BCUT2D eigenvalue weighted by atomic mass is 9.94. The molecule has 1 fully saturated rings. The Labute approximate surface area is 243 Å². The molecule has 1 unspecified atom stereocenters. The second-order valence-corrected chi connectivity index (χ2v) is 11.1. The summed E-state index contributed by atoms with van der Waals surface area (Å²) in [4.78, 5) is 18.5. The van der Waals surface area contributed by atoms with E-state index in [-0.39, 0.29) is 12.1 Å². The van der Waals surface area contributed by atoms with Gasteiger partial charge >= 0.3 is 5.97 Å². The van der Waals surface area contributed by atoms with Crippen molar-refractivity contribution in [2.45, 2.75) is 62.1 Å². The summed E-state index contributed by atoms with van der Waals surface area (Å²) in [6.07, 6.45) is 4.94. The Hall–Kier alpha value is -3.37. The molecular weight excluding hydrogens is 552 g/mol. The number of thioether (sulfide) groups is 1. The minimum Gasteiger partial charge on any atom is -0.493 e. The number of benzene rings is 2. The zero-order chi connectivity index (χ0) is 28.2. The predicted molar refractivity (Wildman–Crippen MR) is 155 cm³/mol. The van der Waals surface area contributed by atoms with E-state index >= 15 is 0 Å². The van der Waals surface area contributed by atoms with Crippen molar-refractivity contribution in [3.05, 3.63) is 63.8 Å². The molecule has 3 aromatic rings. The lowest BCUT2D eigenvalue weighted by Crippen LogP contribution is -2.32. The highest BCUT2D eigenvalue weighted by Gasteiger charge is 2.37. The van der Waals surface area contributed by atoms with Crippen LogP contribution in [-0.2, 0) is 15.3 Å². The van der Waals surface area contributed by atoms with Crippen LogP contribution >= 0.6 is 23.4 Å². The van der Waals surface area contributed by atoms with E-state index in [1.54, 1.807) is 26.0 Å². The summed E-state index contributed by atoms with van der Waals surface area (Å²) < 4.78 is 24.6. The fourth-order valence-electron chi connectivity index (χ4n) is 5.18. The van der Waals surface area contributed by atoms with Crippen LogP contribution in [0.2, 0.25) is 5.02 Å². The number of fused-ring (bicyclic) bond motifs is 1. The topological polar surface area (TPSA) is 96.7 Å². The number of allylic oxidation sites excluding steroid dienone is 1. The van der Waals surface area contributed by atoms with Crippen LogP contribution in [0.25, 0.3) is 0 Å². The standard InChI is InChI=1S/C29H33ClN4O5S/c1-17-24(27(35)39-20-11-6-5-7-12-20)25(19-14-22(36-2)26(38-4)23(15-19)37-3)34-28(31-17)32-29(33-34)40-16-18-10-8-9-13-21(18)30/h8-10,13-15,20,25H,5-7,11-12,16H2,1-4H3,(H,31,32,33). The molecule has 1 N–H and O–H groups in total. The first-order valence-electron chi connectivity index (χ1n) is 13.2. The summed E-state index contributed by atoms with van der Waals surface area (Å²) in [5.74, 6) is 2.16. The third-order valence-corrected chi connectivity index (χ3v) is 8.45. The molecule has 212 valence electrons. The zero-order valence-corrected chi connectivity index (χ0v) is 24.6. The minimum absolute atomic E-state index is 0.0963. The number of rotatable bonds is 9. The Morgan fingerprint density at radius 1 is 1.07 bits per heavy atom. The summed E-state index contributed by atoms with van der Waals surface area (Å²) in [5.41, 5.74) is 2.82. The third-order valence-electron chi connectivity index (χ3n) is 7.20.